The van der Waals surface area contributed by atoms with Gasteiger partial charge in [0.2, 0.25) is 5.91 Å². The molecule has 9 heteroatoms. The second-order valence-electron chi connectivity index (χ2n) is 12.3. The number of likely N-dealkylation sites (tertiary alicyclic amines) is 1. The summed E-state index contributed by atoms with van der Waals surface area (Å²) in [5, 5.41) is 4.21. The van der Waals surface area contributed by atoms with Gasteiger partial charge in [0.1, 0.15) is 5.58 Å². The van der Waals surface area contributed by atoms with Crippen LogP contribution in [0.25, 0.3) is 11.0 Å². The summed E-state index contributed by atoms with van der Waals surface area (Å²) in [5.41, 5.74) is 5.64. The maximum absolute atomic E-state index is 13.5. The zero-order valence-electron chi connectivity index (χ0n) is 26.3. The molecule has 3 aromatic carbocycles. The van der Waals surface area contributed by atoms with Crippen molar-refractivity contribution in [2.45, 2.75) is 44.7 Å². The zero-order chi connectivity index (χ0) is 32.2. The van der Waals surface area contributed by atoms with Crippen LogP contribution in [0.4, 0.5) is 11.4 Å². The summed E-state index contributed by atoms with van der Waals surface area (Å²) in [5.74, 6) is -0.222. The number of para-hydroxylation sites is 1. The van der Waals surface area contributed by atoms with E-state index in [-0.39, 0.29) is 23.1 Å². The molecule has 2 aliphatic rings. The number of benzene rings is 3. The molecule has 0 spiro atoms. The highest BCUT2D eigenvalue weighted by molar-refractivity contribution is 6.30. The molecule has 6 rings (SSSR count). The second kappa shape index (κ2) is 13.8. The fourth-order valence-electron chi connectivity index (χ4n) is 6.32. The summed E-state index contributed by atoms with van der Waals surface area (Å²) in [6.07, 6.45) is 5.98. The second-order valence-corrected chi connectivity index (χ2v) is 12.8. The van der Waals surface area contributed by atoms with Gasteiger partial charge in [0.05, 0.1) is 11.4 Å². The topological polar surface area (TPSA) is 86.1 Å². The molecule has 238 valence electrons. The lowest BCUT2D eigenvalue weighted by atomic mass is 9.97. The van der Waals surface area contributed by atoms with Crippen molar-refractivity contribution in [2.75, 3.05) is 43.5 Å². The van der Waals surface area contributed by atoms with Crippen LogP contribution < -0.4 is 20.5 Å². The molecule has 2 fully saturated rings. The zero-order valence-corrected chi connectivity index (χ0v) is 27.1. The predicted molar refractivity (Wildman–Crippen MR) is 184 cm³/mol. The van der Waals surface area contributed by atoms with E-state index in [1.54, 1.807) is 12.1 Å². The Bertz CT molecular complexity index is 1820. The van der Waals surface area contributed by atoms with Crippen LogP contribution in [-0.2, 0) is 17.8 Å². The van der Waals surface area contributed by atoms with Crippen molar-refractivity contribution in [3.05, 3.63) is 117 Å². The third-order valence-electron chi connectivity index (χ3n) is 8.84. The molecule has 3 heterocycles. The average molecular weight is 639 g/mol. The summed E-state index contributed by atoms with van der Waals surface area (Å²) >= 11 is 6.14. The first-order chi connectivity index (χ1) is 22.2. The Morgan fingerprint density at radius 2 is 1.74 bits per heavy atom. The van der Waals surface area contributed by atoms with E-state index in [9.17, 15) is 14.4 Å². The minimum Gasteiger partial charge on any atom is -0.451 e. The molecular formula is C37H39ClN4O4. The van der Waals surface area contributed by atoms with Crippen molar-refractivity contribution in [3.8, 4) is 0 Å². The number of piperidine rings is 1. The molecule has 0 saturated carbocycles. The number of halogens is 1. The Kier molecular flexibility index (Phi) is 9.45. The van der Waals surface area contributed by atoms with Gasteiger partial charge in [0.25, 0.3) is 5.91 Å². The highest BCUT2D eigenvalue weighted by atomic mass is 35.5. The Morgan fingerprint density at radius 1 is 0.978 bits per heavy atom. The largest absolute Gasteiger partial charge is 0.451 e. The molecule has 0 radical (unpaired) electrons. The monoisotopic (exact) mass is 638 g/mol. The number of fused-ring (bicyclic) bond motifs is 1. The predicted octanol–water partition coefficient (Wildman–Crippen LogP) is 6.20. The highest BCUT2D eigenvalue weighted by Gasteiger charge is 2.24. The maximum atomic E-state index is 13.5. The highest BCUT2D eigenvalue weighted by Crippen LogP contribution is 2.29. The van der Waals surface area contributed by atoms with E-state index in [0.717, 1.165) is 50.1 Å². The number of nitrogens with one attached hydrogen (secondary N) is 1. The summed E-state index contributed by atoms with van der Waals surface area (Å²) < 4.78 is 5.92. The third kappa shape index (κ3) is 7.29. The molecule has 4 aromatic rings. The van der Waals surface area contributed by atoms with Gasteiger partial charge in [-0.25, -0.2) is 0 Å². The number of anilines is 2. The van der Waals surface area contributed by atoms with E-state index in [2.05, 4.69) is 34.5 Å². The van der Waals surface area contributed by atoms with Crippen molar-refractivity contribution in [1.82, 2.24) is 10.2 Å². The van der Waals surface area contributed by atoms with Gasteiger partial charge in [0.15, 0.2) is 11.2 Å². The molecule has 2 aliphatic heterocycles. The van der Waals surface area contributed by atoms with Gasteiger partial charge in [-0.2, -0.15) is 0 Å². The Morgan fingerprint density at radius 3 is 2.46 bits per heavy atom. The van der Waals surface area contributed by atoms with Crippen LogP contribution in [0.5, 0.6) is 0 Å². The van der Waals surface area contributed by atoms with Crippen LogP contribution in [0.2, 0.25) is 5.02 Å². The smallest absolute Gasteiger partial charge is 0.287 e. The number of rotatable bonds is 9. The minimum atomic E-state index is -0.436. The van der Waals surface area contributed by atoms with E-state index in [1.165, 1.54) is 22.9 Å². The SMILES string of the molecule is CN(C)c1ccc2oc(C(=O)N[C@H](C=C3CCN(c4ccccc4CN4CCCC4=O)CC3)Cc3ccc(Cl)cc3)cc(=O)c2c1. The van der Waals surface area contributed by atoms with Crippen LogP contribution in [-0.4, -0.2) is 56.5 Å². The first-order valence-electron chi connectivity index (χ1n) is 15.8. The quantitative estimate of drug-likeness (QED) is 0.220. The van der Waals surface area contributed by atoms with Gasteiger partial charge in [-0.1, -0.05) is 53.6 Å². The van der Waals surface area contributed by atoms with E-state index in [4.69, 9.17) is 16.0 Å². The number of hydrogen-bond acceptors (Lipinski definition) is 6. The molecule has 8 nitrogen and oxygen atoms in total. The molecular weight excluding hydrogens is 600 g/mol. The lowest BCUT2D eigenvalue weighted by molar-refractivity contribution is -0.128. The fraction of sp³-hybridized carbons (Fsp3) is 0.324. The first-order valence-corrected chi connectivity index (χ1v) is 16.2. The number of nitrogens with zero attached hydrogens (tertiary/aromatic N) is 3. The first kappa shape index (κ1) is 31.4. The maximum Gasteiger partial charge on any atom is 0.287 e. The van der Waals surface area contributed by atoms with Crippen LogP contribution >= 0.6 is 11.6 Å². The molecule has 0 aliphatic carbocycles. The van der Waals surface area contributed by atoms with Crippen molar-refractivity contribution in [2.24, 2.45) is 0 Å². The summed E-state index contributed by atoms with van der Waals surface area (Å²) in [4.78, 5) is 45.0. The standard InChI is InChI=1S/C37H39ClN4O4/c1-40(2)30-13-14-34-31(22-30)33(43)23-35(46-34)37(45)39-29(20-25-9-11-28(38)12-10-25)21-26-15-18-41(19-16-26)32-7-4-3-6-27(32)24-42-17-5-8-36(42)44/h3-4,6-7,9-14,21-23,29H,5,8,15-20,24H2,1-2H3,(H,39,45)/t29-/m0/s1. The molecule has 0 bridgehead atoms. The number of hydrogen-bond donors (Lipinski definition) is 1. The van der Waals surface area contributed by atoms with Crippen LogP contribution in [0.3, 0.4) is 0 Å². The molecule has 2 saturated heterocycles. The van der Waals surface area contributed by atoms with Crippen LogP contribution in [0.1, 0.15) is 47.4 Å². The molecule has 1 atom stereocenters. The average Bonchev–Trinajstić information content (AvgIpc) is 3.46. The lowest BCUT2D eigenvalue weighted by Crippen LogP contribution is -2.37. The number of carbonyl (C=O) groups excluding carboxylic acids is 2. The minimum absolute atomic E-state index is 0.0162. The Labute approximate surface area is 274 Å². The van der Waals surface area contributed by atoms with Gasteiger partial charge in [-0.3, -0.25) is 14.4 Å². The Balaban J connectivity index is 1.19. The van der Waals surface area contributed by atoms with Gasteiger partial charge >= 0.3 is 0 Å². The molecule has 0 unspecified atom stereocenters. The summed E-state index contributed by atoms with van der Waals surface area (Å²) in [7, 11) is 3.81. The molecule has 2 amide bonds. The van der Waals surface area contributed by atoms with Crippen molar-refractivity contribution in [1.29, 1.82) is 0 Å². The van der Waals surface area contributed by atoms with Crippen LogP contribution in [0, 0.1) is 0 Å². The van der Waals surface area contributed by atoms with Crippen LogP contribution in [0.15, 0.2) is 93.7 Å². The lowest BCUT2D eigenvalue weighted by Gasteiger charge is -2.33. The van der Waals surface area contributed by atoms with Gasteiger partial charge in [0, 0.05) is 69.2 Å². The molecule has 1 N–H and O–H groups in total. The van der Waals surface area contributed by atoms with Gasteiger partial charge < -0.3 is 24.4 Å². The summed E-state index contributed by atoms with van der Waals surface area (Å²) in [6.45, 7) is 3.14. The fourth-order valence-corrected chi connectivity index (χ4v) is 6.44. The number of amides is 2. The Hall–Kier alpha value is -4.56. The normalized spacial score (nSPS) is 15.7. The van der Waals surface area contributed by atoms with Crippen molar-refractivity contribution < 1.29 is 14.0 Å². The van der Waals surface area contributed by atoms with Crippen molar-refractivity contribution >= 4 is 45.8 Å². The van der Waals surface area contributed by atoms with E-state index >= 15 is 0 Å². The summed E-state index contributed by atoms with van der Waals surface area (Å²) in [6, 6.07) is 22.3. The van der Waals surface area contributed by atoms with E-state index < -0.39 is 5.91 Å². The van der Waals surface area contributed by atoms with Gasteiger partial charge in [-0.05, 0) is 73.2 Å². The van der Waals surface area contributed by atoms with Crippen molar-refractivity contribution in [3.63, 3.8) is 0 Å². The number of carbonyl (C=O) groups is 2. The molecule has 1 aromatic heterocycles. The van der Waals surface area contributed by atoms with E-state index in [1.807, 2.05) is 60.3 Å². The van der Waals surface area contributed by atoms with Gasteiger partial charge in [-0.15, -0.1) is 0 Å². The third-order valence-corrected chi connectivity index (χ3v) is 9.10. The molecule has 46 heavy (non-hydrogen) atoms. The van der Waals surface area contributed by atoms with E-state index in [0.29, 0.717) is 35.4 Å².